The molecule has 0 heterocycles. The molecular formula is C51H96ClFN2O5. The third kappa shape index (κ3) is 36.2. The minimum Gasteiger partial charge on any atom is -0.395 e. The van der Waals surface area contributed by atoms with Gasteiger partial charge in [0, 0.05) is 25.8 Å². The third-order valence-corrected chi connectivity index (χ3v) is 12.1. The Bertz CT molecular complexity index is 1050. The van der Waals surface area contributed by atoms with Gasteiger partial charge in [0.05, 0.1) is 43.5 Å². The first-order valence-corrected chi connectivity index (χ1v) is 25.5. The average Bonchev–Trinajstić information content (AvgIpc) is 3.26. The smallest absolute Gasteiger partial charge is 0.254 e. The molecule has 1 rings (SSSR count). The van der Waals surface area contributed by atoms with Gasteiger partial charge in [-0.1, -0.05) is 218 Å². The number of carbonyl (C=O) groups is 1. The summed E-state index contributed by atoms with van der Waals surface area (Å²) in [4.78, 5) is 14.0. The van der Waals surface area contributed by atoms with Crippen molar-refractivity contribution >= 4 is 17.5 Å². The Morgan fingerprint density at radius 1 is 0.600 bits per heavy atom. The van der Waals surface area contributed by atoms with Crippen LogP contribution in [-0.2, 0) is 9.47 Å². The molecule has 1 aromatic carbocycles. The van der Waals surface area contributed by atoms with Crippen LogP contribution >= 0.6 is 11.6 Å². The molecule has 0 aromatic heterocycles. The lowest BCUT2D eigenvalue weighted by Crippen LogP contribution is -2.42. The monoisotopic (exact) mass is 871 g/mol. The highest BCUT2D eigenvalue weighted by atomic mass is 35.5. The third-order valence-electron chi connectivity index (χ3n) is 11.8. The van der Waals surface area contributed by atoms with Gasteiger partial charge in [0.1, 0.15) is 5.82 Å². The van der Waals surface area contributed by atoms with Crippen molar-refractivity contribution in [3.8, 4) is 0 Å². The fourth-order valence-electron chi connectivity index (χ4n) is 7.46. The Kier molecular flexibility index (Phi) is 44.7. The van der Waals surface area contributed by atoms with Crippen molar-refractivity contribution in [3.63, 3.8) is 0 Å². The summed E-state index contributed by atoms with van der Waals surface area (Å²) >= 11 is 5.78. The maximum atomic E-state index is 13.3. The van der Waals surface area contributed by atoms with Crippen molar-refractivity contribution in [3.05, 3.63) is 34.6 Å². The van der Waals surface area contributed by atoms with Crippen LogP contribution in [-0.4, -0.2) is 86.8 Å². The van der Waals surface area contributed by atoms with Gasteiger partial charge in [-0.05, 0) is 38.1 Å². The molecule has 60 heavy (non-hydrogen) atoms. The minimum atomic E-state index is -0.563. The van der Waals surface area contributed by atoms with Crippen molar-refractivity contribution < 1.29 is 28.9 Å². The molecule has 0 saturated carbocycles. The normalized spacial score (nSPS) is 12.3. The van der Waals surface area contributed by atoms with E-state index in [4.69, 9.17) is 26.2 Å². The van der Waals surface area contributed by atoms with E-state index in [2.05, 4.69) is 19.2 Å². The van der Waals surface area contributed by atoms with Crippen molar-refractivity contribution in [1.82, 2.24) is 10.2 Å². The minimum absolute atomic E-state index is 0.0843. The quantitative estimate of drug-likeness (QED) is 0.0566. The molecule has 0 radical (unpaired) electrons. The molecule has 0 unspecified atom stereocenters. The van der Waals surface area contributed by atoms with E-state index in [1.54, 1.807) is 7.05 Å². The van der Waals surface area contributed by atoms with Gasteiger partial charge in [-0.25, -0.2) is 4.39 Å². The summed E-state index contributed by atoms with van der Waals surface area (Å²) in [7, 11) is 3.47. The second kappa shape index (κ2) is 45.7. The van der Waals surface area contributed by atoms with Gasteiger partial charge >= 0.3 is 0 Å². The van der Waals surface area contributed by atoms with E-state index in [0.29, 0.717) is 13.2 Å². The molecule has 0 aliphatic rings. The molecule has 9 heteroatoms. The van der Waals surface area contributed by atoms with E-state index in [0.717, 1.165) is 25.9 Å². The van der Waals surface area contributed by atoms with E-state index in [1.165, 1.54) is 209 Å². The molecule has 0 spiro atoms. The number of nitrogens with one attached hydrogen (secondary N) is 1. The molecule has 7 nitrogen and oxygen atoms in total. The Hall–Kier alpha value is -1.29. The Labute approximate surface area is 375 Å². The number of carbonyl (C=O) groups excluding carboxylic acids is 1. The summed E-state index contributed by atoms with van der Waals surface area (Å²) in [5.41, 5.74) is 0.287. The van der Waals surface area contributed by atoms with Crippen molar-refractivity contribution in [2.45, 2.75) is 231 Å². The van der Waals surface area contributed by atoms with Crippen LogP contribution in [0.1, 0.15) is 230 Å². The molecule has 354 valence electrons. The number of likely N-dealkylation sites (N-methyl/N-ethyl adjacent to an activating group) is 2. The molecular weight excluding hydrogens is 775 g/mol. The largest absolute Gasteiger partial charge is 0.395 e. The van der Waals surface area contributed by atoms with Crippen LogP contribution < -0.4 is 5.32 Å². The van der Waals surface area contributed by atoms with E-state index >= 15 is 0 Å². The summed E-state index contributed by atoms with van der Waals surface area (Å²) in [6.07, 6.45) is 43.7. The van der Waals surface area contributed by atoms with Gasteiger partial charge in [-0.3, -0.25) is 4.79 Å². The van der Waals surface area contributed by atoms with Crippen molar-refractivity contribution in [2.24, 2.45) is 0 Å². The summed E-state index contributed by atoms with van der Waals surface area (Å²) in [6, 6.07) is 3.51. The number of hydrogen-bond donors (Lipinski definition) is 3. The molecule has 0 aliphatic heterocycles. The van der Waals surface area contributed by atoms with Gasteiger partial charge in [0.2, 0.25) is 0 Å². The lowest BCUT2D eigenvalue weighted by Gasteiger charge is -2.26. The summed E-state index contributed by atoms with van der Waals surface area (Å²) < 4.78 is 24.6. The Balaban J connectivity index is 0.00000123. The molecule has 0 bridgehead atoms. The van der Waals surface area contributed by atoms with Crippen LogP contribution in [0.2, 0.25) is 5.02 Å². The molecule has 0 saturated heterocycles. The van der Waals surface area contributed by atoms with Crippen LogP contribution in [0, 0.1) is 5.82 Å². The van der Waals surface area contributed by atoms with E-state index in [9.17, 15) is 14.3 Å². The van der Waals surface area contributed by atoms with Gasteiger partial charge in [0.15, 0.2) is 0 Å². The lowest BCUT2D eigenvalue weighted by molar-refractivity contribution is 0.0329. The summed E-state index contributed by atoms with van der Waals surface area (Å²) in [5.74, 6) is -0.885. The number of aliphatic hydroxyl groups is 2. The van der Waals surface area contributed by atoms with Gasteiger partial charge < -0.3 is 29.9 Å². The predicted molar refractivity (Wildman–Crippen MR) is 255 cm³/mol. The molecule has 3 N–H and O–H groups in total. The Morgan fingerprint density at radius 2 is 0.950 bits per heavy atom. The number of hydrogen-bond acceptors (Lipinski definition) is 6. The van der Waals surface area contributed by atoms with Crippen LogP contribution in [0.15, 0.2) is 18.2 Å². The maximum Gasteiger partial charge on any atom is 0.254 e. The van der Waals surface area contributed by atoms with Gasteiger partial charge in [0.25, 0.3) is 5.91 Å². The number of halogens is 2. The summed E-state index contributed by atoms with van der Waals surface area (Å²) in [5, 5.41) is 21.6. The van der Waals surface area contributed by atoms with E-state index in [1.807, 2.05) is 7.05 Å². The number of aliphatic hydroxyl groups excluding tert-OH is 2. The number of amides is 1. The molecule has 1 aromatic rings. The van der Waals surface area contributed by atoms with Crippen LogP contribution in [0.3, 0.4) is 0 Å². The van der Waals surface area contributed by atoms with E-state index < -0.39 is 11.9 Å². The molecule has 2 atom stereocenters. The molecule has 1 amide bonds. The van der Waals surface area contributed by atoms with Gasteiger partial charge in [-0.15, -0.1) is 0 Å². The second-order valence-corrected chi connectivity index (χ2v) is 17.7. The van der Waals surface area contributed by atoms with E-state index in [-0.39, 0.29) is 42.4 Å². The predicted octanol–water partition coefficient (Wildman–Crippen LogP) is 14.0. The first-order valence-electron chi connectivity index (χ1n) is 25.1. The lowest BCUT2D eigenvalue weighted by atomic mass is 10.0. The number of unbranched alkanes of at least 4 members (excludes halogenated alkanes) is 30. The standard InChI is InChI=1S/C29H49ClFNO3.C22H47NO2/c1-3-4-5-6-7-8-9-10-11-12-13-14-15-16-17-18-21-35-24-26(23-33)32(2)29(34)25-19-20-28(31)27(30)22-25;1-3-4-5-6-7-8-9-10-11-12-13-14-15-16-17-18-19-25-21-22(20-24)23-2/h19-20,22,26,33H,3-18,21,23-24H2,1-2H3;22-24H,3-21H2,1-2H3/t26-;22-/m00/s1. The van der Waals surface area contributed by atoms with Gasteiger partial charge in [-0.2, -0.15) is 0 Å². The SMILES string of the molecule is CCCCCCCCCCCCCCCCCCOC[C@H](CO)N(C)C(=O)c1ccc(F)c(Cl)c1.CCCCCCCCCCCCCCCCCCOC[C@H](CO)NC. The van der Waals surface area contributed by atoms with Crippen LogP contribution in [0.25, 0.3) is 0 Å². The number of nitrogens with zero attached hydrogens (tertiary/aromatic N) is 1. The number of benzene rings is 1. The Morgan fingerprint density at radius 3 is 1.27 bits per heavy atom. The first-order chi connectivity index (χ1) is 29.4. The highest BCUT2D eigenvalue weighted by Crippen LogP contribution is 2.19. The zero-order chi connectivity index (χ0) is 44.2. The second-order valence-electron chi connectivity index (χ2n) is 17.3. The highest BCUT2D eigenvalue weighted by Gasteiger charge is 2.21. The zero-order valence-electron chi connectivity index (χ0n) is 39.6. The zero-order valence-corrected chi connectivity index (χ0v) is 40.3. The molecule has 0 aliphatic carbocycles. The number of ether oxygens (including phenoxy) is 2. The maximum absolute atomic E-state index is 13.3. The first kappa shape index (κ1) is 58.7. The van der Waals surface area contributed by atoms with Crippen molar-refractivity contribution in [1.29, 1.82) is 0 Å². The highest BCUT2D eigenvalue weighted by molar-refractivity contribution is 6.31. The fraction of sp³-hybridized carbons (Fsp3) is 0.863. The fourth-order valence-corrected chi connectivity index (χ4v) is 7.64. The van der Waals surface area contributed by atoms with Crippen molar-refractivity contribution in [2.75, 3.05) is 53.7 Å². The average molecular weight is 872 g/mol. The van der Waals surface area contributed by atoms with Crippen LogP contribution in [0.5, 0.6) is 0 Å². The topological polar surface area (TPSA) is 91.3 Å². The molecule has 0 fully saturated rings. The van der Waals surface area contributed by atoms with Crippen LogP contribution in [0.4, 0.5) is 4.39 Å². The number of rotatable bonds is 43. The summed E-state index contributed by atoms with van der Waals surface area (Å²) in [6.45, 7) is 6.85.